The molecule has 0 saturated heterocycles. The fourth-order valence-corrected chi connectivity index (χ4v) is 2.28. The molecule has 2 aromatic heterocycles. The van der Waals surface area contributed by atoms with E-state index in [0.717, 1.165) is 18.8 Å². The van der Waals surface area contributed by atoms with E-state index in [0.29, 0.717) is 11.7 Å². The fraction of sp³-hybridized carbons (Fsp3) is 0.636. The Balaban J connectivity index is 1.94. The number of aliphatic hydroxyl groups is 1. The Bertz CT molecular complexity index is 523. The van der Waals surface area contributed by atoms with Crippen molar-refractivity contribution in [3.8, 4) is 0 Å². The second-order valence-corrected chi connectivity index (χ2v) is 4.57. The van der Waals surface area contributed by atoms with Crippen LogP contribution in [0.1, 0.15) is 25.7 Å². The highest BCUT2D eigenvalue weighted by Crippen LogP contribution is 2.29. The molecule has 0 radical (unpaired) electrons. The standard InChI is InChI=1S/C11H16N6O/c18-6-2-5-16(9-3-1-4-9)11-8-12-7-10-13-14-15-17(10)11/h7-9,18H,1-6H2. The molecule has 0 spiro atoms. The molecule has 2 heterocycles. The summed E-state index contributed by atoms with van der Waals surface area (Å²) in [5.74, 6) is 0.913. The molecule has 0 unspecified atom stereocenters. The lowest BCUT2D eigenvalue weighted by Gasteiger charge is -2.38. The predicted octanol–water partition coefficient (Wildman–Crippen LogP) is 0.261. The molecule has 1 aliphatic carbocycles. The lowest BCUT2D eigenvalue weighted by Crippen LogP contribution is -2.42. The van der Waals surface area contributed by atoms with Gasteiger partial charge in [-0.05, 0) is 36.1 Å². The number of nitrogens with zero attached hydrogens (tertiary/aromatic N) is 6. The van der Waals surface area contributed by atoms with Crippen LogP contribution in [0.4, 0.5) is 5.82 Å². The van der Waals surface area contributed by atoms with Gasteiger partial charge in [-0.2, -0.15) is 4.52 Å². The van der Waals surface area contributed by atoms with Gasteiger partial charge in [0, 0.05) is 19.2 Å². The molecule has 0 bridgehead atoms. The summed E-state index contributed by atoms with van der Waals surface area (Å²) in [6, 6.07) is 0.521. The fourth-order valence-electron chi connectivity index (χ4n) is 2.28. The quantitative estimate of drug-likeness (QED) is 0.817. The molecule has 1 N–H and O–H groups in total. The molecular formula is C11H16N6O. The highest BCUT2D eigenvalue weighted by molar-refractivity contribution is 5.47. The molecule has 0 aromatic carbocycles. The Morgan fingerprint density at radius 3 is 3.00 bits per heavy atom. The maximum atomic E-state index is 9.02. The number of fused-ring (bicyclic) bond motifs is 1. The van der Waals surface area contributed by atoms with Crippen molar-refractivity contribution >= 4 is 11.5 Å². The van der Waals surface area contributed by atoms with Gasteiger partial charge in [-0.3, -0.25) is 4.98 Å². The van der Waals surface area contributed by atoms with Crippen molar-refractivity contribution in [2.75, 3.05) is 18.1 Å². The predicted molar refractivity (Wildman–Crippen MR) is 65.3 cm³/mol. The maximum Gasteiger partial charge on any atom is 0.199 e. The van der Waals surface area contributed by atoms with Gasteiger partial charge in [-0.15, -0.1) is 5.10 Å². The first-order chi connectivity index (χ1) is 8.90. The van der Waals surface area contributed by atoms with E-state index < -0.39 is 0 Å². The molecule has 2 aromatic rings. The first-order valence-electron chi connectivity index (χ1n) is 6.30. The van der Waals surface area contributed by atoms with E-state index in [-0.39, 0.29) is 6.61 Å². The van der Waals surface area contributed by atoms with Crippen molar-refractivity contribution in [3.05, 3.63) is 12.4 Å². The Hall–Kier alpha value is -1.76. The molecule has 96 valence electrons. The van der Waals surface area contributed by atoms with E-state index >= 15 is 0 Å². The van der Waals surface area contributed by atoms with Crippen molar-refractivity contribution in [2.45, 2.75) is 31.7 Å². The molecule has 7 heteroatoms. The Morgan fingerprint density at radius 2 is 2.28 bits per heavy atom. The van der Waals surface area contributed by atoms with Crippen molar-refractivity contribution in [3.63, 3.8) is 0 Å². The Morgan fingerprint density at radius 1 is 1.39 bits per heavy atom. The second kappa shape index (κ2) is 4.85. The summed E-state index contributed by atoms with van der Waals surface area (Å²) in [6.07, 6.45) is 7.82. The van der Waals surface area contributed by atoms with Crippen LogP contribution in [-0.2, 0) is 0 Å². The van der Waals surface area contributed by atoms with Crippen LogP contribution in [0.25, 0.3) is 5.65 Å². The zero-order valence-corrected chi connectivity index (χ0v) is 10.1. The van der Waals surface area contributed by atoms with Gasteiger partial charge in [0.15, 0.2) is 11.5 Å². The van der Waals surface area contributed by atoms with E-state index in [1.54, 1.807) is 16.9 Å². The molecule has 3 rings (SSSR count). The van der Waals surface area contributed by atoms with Crippen LogP contribution in [0.15, 0.2) is 12.4 Å². The number of rotatable bonds is 5. The van der Waals surface area contributed by atoms with Gasteiger partial charge in [0.05, 0.1) is 12.4 Å². The summed E-state index contributed by atoms with van der Waals surface area (Å²) in [5, 5.41) is 20.6. The van der Waals surface area contributed by atoms with E-state index in [1.165, 1.54) is 19.3 Å². The summed E-state index contributed by atoms with van der Waals surface area (Å²) < 4.78 is 1.71. The van der Waals surface area contributed by atoms with Crippen molar-refractivity contribution in [2.24, 2.45) is 0 Å². The zero-order chi connectivity index (χ0) is 12.4. The smallest absolute Gasteiger partial charge is 0.199 e. The minimum absolute atomic E-state index is 0.197. The summed E-state index contributed by atoms with van der Waals surface area (Å²) in [7, 11) is 0. The normalized spacial score (nSPS) is 15.8. The third kappa shape index (κ3) is 1.90. The van der Waals surface area contributed by atoms with Crippen molar-refractivity contribution in [1.29, 1.82) is 0 Å². The topological polar surface area (TPSA) is 79.4 Å². The minimum atomic E-state index is 0.197. The SMILES string of the molecule is OCCCN(c1cncc2nnnn12)C1CCC1. The van der Waals surface area contributed by atoms with Gasteiger partial charge in [0.25, 0.3) is 0 Å². The average Bonchev–Trinajstić information content (AvgIpc) is 2.80. The van der Waals surface area contributed by atoms with Crippen molar-refractivity contribution in [1.82, 2.24) is 25.0 Å². The van der Waals surface area contributed by atoms with Crippen LogP contribution in [-0.4, -0.2) is 49.3 Å². The van der Waals surface area contributed by atoms with E-state index in [9.17, 15) is 0 Å². The minimum Gasteiger partial charge on any atom is -0.396 e. The van der Waals surface area contributed by atoms with Gasteiger partial charge in [-0.1, -0.05) is 0 Å². The van der Waals surface area contributed by atoms with Gasteiger partial charge < -0.3 is 10.0 Å². The Labute approximate surface area is 104 Å². The molecular weight excluding hydrogens is 232 g/mol. The third-order valence-corrected chi connectivity index (χ3v) is 3.46. The highest BCUT2D eigenvalue weighted by atomic mass is 16.3. The van der Waals surface area contributed by atoms with Gasteiger partial charge in [0.1, 0.15) is 0 Å². The molecule has 1 fully saturated rings. The summed E-state index contributed by atoms with van der Waals surface area (Å²) >= 11 is 0. The molecule has 1 aliphatic rings. The second-order valence-electron chi connectivity index (χ2n) is 4.57. The zero-order valence-electron chi connectivity index (χ0n) is 10.1. The maximum absolute atomic E-state index is 9.02. The number of hydrogen-bond acceptors (Lipinski definition) is 6. The van der Waals surface area contributed by atoms with Crippen LogP contribution < -0.4 is 4.90 Å². The van der Waals surface area contributed by atoms with Crippen LogP contribution in [0, 0.1) is 0 Å². The number of tetrazole rings is 1. The first-order valence-corrected chi connectivity index (χ1v) is 6.30. The molecule has 1 saturated carbocycles. The largest absolute Gasteiger partial charge is 0.396 e. The number of aliphatic hydroxyl groups excluding tert-OH is 1. The van der Waals surface area contributed by atoms with Gasteiger partial charge in [-0.25, -0.2) is 0 Å². The van der Waals surface area contributed by atoms with Gasteiger partial charge in [0.2, 0.25) is 0 Å². The van der Waals surface area contributed by atoms with Crippen LogP contribution >= 0.6 is 0 Å². The lowest BCUT2D eigenvalue weighted by molar-refractivity contribution is 0.282. The summed E-state index contributed by atoms with van der Waals surface area (Å²) in [4.78, 5) is 6.45. The van der Waals surface area contributed by atoms with Crippen molar-refractivity contribution < 1.29 is 5.11 Å². The van der Waals surface area contributed by atoms with Crippen LogP contribution in [0.2, 0.25) is 0 Å². The lowest BCUT2D eigenvalue weighted by atomic mass is 9.91. The summed E-state index contributed by atoms with van der Waals surface area (Å²) in [6.45, 7) is 1.00. The molecule has 7 nitrogen and oxygen atoms in total. The summed E-state index contributed by atoms with van der Waals surface area (Å²) in [5.41, 5.74) is 0.654. The van der Waals surface area contributed by atoms with Crippen LogP contribution in [0.5, 0.6) is 0 Å². The molecule has 0 aliphatic heterocycles. The van der Waals surface area contributed by atoms with E-state index in [2.05, 4.69) is 25.4 Å². The third-order valence-electron chi connectivity index (χ3n) is 3.46. The Kier molecular flexibility index (Phi) is 3.06. The van der Waals surface area contributed by atoms with Gasteiger partial charge >= 0.3 is 0 Å². The molecule has 18 heavy (non-hydrogen) atoms. The number of hydrogen-bond donors (Lipinski definition) is 1. The highest BCUT2D eigenvalue weighted by Gasteiger charge is 2.26. The average molecular weight is 248 g/mol. The van der Waals surface area contributed by atoms with E-state index in [1.807, 2.05) is 0 Å². The van der Waals surface area contributed by atoms with E-state index in [4.69, 9.17) is 5.11 Å². The number of anilines is 1. The monoisotopic (exact) mass is 248 g/mol. The number of aromatic nitrogens is 5. The van der Waals surface area contributed by atoms with Crippen LogP contribution in [0.3, 0.4) is 0 Å². The molecule has 0 amide bonds. The molecule has 0 atom stereocenters. The first kappa shape index (κ1) is 11.3.